The number of rotatable bonds is 11. The van der Waals surface area contributed by atoms with Crippen LogP contribution in [-0.2, 0) is 20.5 Å². The molecule has 0 N–H and O–H groups in total. The molecule has 1 fully saturated rings. The molecule has 0 saturated carbocycles. The van der Waals surface area contributed by atoms with Crippen LogP contribution in [0.5, 0.6) is 5.75 Å². The van der Waals surface area contributed by atoms with Gasteiger partial charge in [-0.15, -0.1) is 0 Å². The molecule has 0 aliphatic carbocycles. The van der Waals surface area contributed by atoms with Crippen molar-refractivity contribution < 1.29 is 18.5 Å². The molecule has 2 aromatic rings. The average Bonchev–Trinajstić information content (AvgIpc) is 2.86. The Balaban J connectivity index is 1.37. The Kier molecular flexibility index (Phi) is 10.3. The first-order valence-electron chi connectivity index (χ1n) is 12.5. The summed E-state index contributed by atoms with van der Waals surface area (Å²) in [6.45, 7) is 9.43. The summed E-state index contributed by atoms with van der Waals surface area (Å²) in [5.74, 6) is 1.23. The highest BCUT2D eigenvalue weighted by Crippen LogP contribution is 2.26. The molecule has 8 nitrogen and oxygen atoms in total. The second kappa shape index (κ2) is 13.2. The van der Waals surface area contributed by atoms with Gasteiger partial charge in [0.1, 0.15) is 23.3 Å². The quantitative estimate of drug-likeness (QED) is 0.427. The fraction of sp³-hybridized carbons (Fsp3) is 0.556. The summed E-state index contributed by atoms with van der Waals surface area (Å²) in [7, 11) is 3.96. The highest BCUT2D eigenvalue weighted by atomic mass is 32.2. The molecule has 1 aliphatic heterocycles. The summed E-state index contributed by atoms with van der Waals surface area (Å²) >= 11 is 0. The number of anilines is 1. The number of ether oxygens (including phenoxy) is 2. The molecule has 1 atom stereocenters. The summed E-state index contributed by atoms with van der Waals surface area (Å²) in [6.07, 6.45) is 3.97. The Morgan fingerprint density at radius 3 is 2.42 bits per heavy atom. The standard InChI is InChI=1S/C27H40N4O4S/c1-20-15-25(34-6)16-21(2)27(20)36(33)30(5)13-14-35-19-26(32)29(4)18-23-8-11-31(12-9-23)24-7-10-28-22(3)17-24/h7,10,15-17,23H,8-9,11-14,18-19H2,1-6H3. The van der Waals surface area contributed by atoms with E-state index in [1.807, 2.05) is 46.1 Å². The van der Waals surface area contributed by atoms with E-state index in [1.54, 1.807) is 23.4 Å². The zero-order chi connectivity index (χ0) is 26.2. The lowest BCUT2D eigenvalue weighted by atomic mass is 9.96. The van der Waals surface area contributed by atoms with E-state index in [1.165, 1.54) is 5.69 Å². The van der Waals surface area contributed by atoms with E-state index < -0.39 is 11.0 Å². The Bertz CT molecular complexity index is 1030. The minimum absolute atomic E-state index is 0.0205. The van der Waals surface area contributed by atoms with Crippen LogP contribution >= 0.6 is 0 Å². The third-order valence-corrected chi connectivity index (χ3v) is 8.46. The number of hydrogen-bond donors (Lipinski definition) is 0. The summed E-state index contributed by atoms with van der Waals surface area (Å²) in [6, 6.07) is 7.97. The molecule has 1 saturated heterocycles. The van der Waals surface area contributed by atoms with Crippen molar-refractivity contribution in [3.63, 3.8) is 0 Å². The Morgan fingerprint density at radius 2 is 1.81 bits per heavy atom. The molecule has 1 aromatic carbocycles. The van der Waals surface area contributed by atoms with Crippen molar-refractivity contribution in [2.45, 2.75) is 38.5 Å². The molecule has 0 bridgehead atoms. The molecule has 1 unspecified atom stereocenters. The molecular formula is C27H40N4O4S. The highest BCUT2D eigenvalue weighted by Gasteiger charge is 2.23. The van der Waals surface area contributed by atoms with E-state index in [0.717, 1.165) is 59.9 Å². The van der Waals surface area contributed by atoms with Crippen LogP contribution < -0.4 is 9.64 Å². The van der Waals surface area contributed by atoms with Gasteiger partial charge in [0.05, 0.1) is 18.6 Å². The predicted molar refractivity (Wildman–Crippen MR) is 144 cm³/mol. The summed E-state index contributed by atoms with van der Waals surface area (Å²) < 4.78 is 25.7. The van der Waals surface area contributed by atoms with Gasteiger partial charge in [0.2, 0.25) is 5.91 Å². The largest absolute Gasteiger partial charge is 0.497 e. The molecule has 198 valence electrons. The Morgan fingerprint density at radius 1 is 1.14 bits per heavy atom. The fourth-order valence-corrected chi connectivity index (χ4v) is 5.82. The van der Waals surface area contributed by atoms with Gasteiger partial charge >= 0.3 is 0 Å². The molecule has 0 spiro atoms. The maximum absolute atomic E-state index is 13.0. The van der Waals surface area contributed by atoms with Crippen molar-refractivity contribution in [2.24, 2.45) is 5.92 Å². The number of methoxy groups -OCH3 is 1. The number of likely N-dealkylation sites (N-methyl/N-ethyl adjacent to an activating group) is 2. The lowest BCUT2D eigenvalue weighted by molar-refractivity contribution is -0.135. The predicted octanol–water partition coefficient (Wildman–Crippen LogP) is 3.36. The van der Waals surface area contributed by atoms with E-state index in [9.17, 15) is 9.00 Å². The van der Waals surface area contributed by atoms with Crippen LogP contribution in [0.1, 0.15) is 29.7 Å². The van der Waals surface area contributed by atoms with E-state index in [0.29, 0.717) is 19.1 Å². The Hall–Kier alpha value is -2.49. The van der Waals surface area contributed by atoms with Gasteiger partial charge in [-0.2, -0.15) is 0 Å². The SMILES string of the molecule is COc1cc(C)c(S(=O)N(C)CCOCC(=O)N(C)CC2CCN(c3ccnc(C)c3)CC2)c(C)c1. The molecule has 36 heavy (non-hydrogen) atoms. The van der Waals surface area contributed by atoms with Crippen LogP contribution in [0.4, 0.5) is 5.69 Å². The monoisotopic (exact) mass is 516 g/mol. The number of hydrogen-bond acceptors (Lipinski definition) is 6. The van der Waals surface area contributed by atoms with Crippen molar-refractivity contribution in [1.82, 2.24) is 14.2 Å². The van der Waals surface area contributed by atoms with Crippen molar-refractivity contribution in [3.05, 3.63) is 47.3 Å². The number of aromatic nitrogens is 1. The zero-order valence-electron chi connectivity index (χ0n) is 22.5. The average molecular weight is 517 g/mol. The van der Waals surface area contributed by atoms with Gasteiger partial charge < -0.3 is 19.3 Å². The van der Waals surface area contributed by atoms with Crippen molar-refractivity contribution in [3.8, 4) is 5.75 Å². The number of carbonyl (C=O) groups is 1. The number of benzene rings is 1. The van der Waals surface area contributed by atoms with Crippen LogP contribution in [0.2, 0.25) is 0 Å². The number of amides is 1. The normalized spacial score (nSPS) is 15.2. The minimum atomic E-state index is -1.31. The van der Waals surface area contributed by atoms with Crippen LogP contribution in [0.15, 0.2) is 35.4 Å². The van der Waals surface area contributed by atoms with Gasteiger partial charge in [-0.1, -0.05) is 0 Å². The van der Waals surface area contributed by atoms with Crippen molar-refractivity contribution in [1.29, 1.82) is 0 Å². The zero-order valence-corrected chi connectivity index (χ0v) is 23.3. The molecule has 1 amide bonds. The summed E-state index contributed by atoms with van der Waals surface area (Å²) in [4.78, 5) is 21.8. The van der Waals surface area contributed by atoms with Crippen LogP contribution in [0.25, 0.3) is 0 Å². The van der Waals surface area contributed by atoms with E-state index in [-0.39, 0.29) is 12.5 Å². The number of carbonyl (C=O) groups excluding carboxylic acids is 1. The third kappa shape index (κ3) is 7.51. The molecule has 9 heteroatoms. The third-order valence-electron chi connectivity index (χ3n) is 6.72. The molecular weight excluding hydrogens is 476 g/mol. The molecule has 0 radical (unpaired) electrons. The fourth-order valence-electron chi connectivity index (χ4n) is 4.60. The molecule has 1 aliphatic rings. The number of pyridine rings is 1. The molecule has 1 aromatic heterocycles. The summed E-state index contributed by atoms with van der Waals surface area (Å²) in [5.41, 5.74) is 4.11. The first kappa shape index (κ1) is 28.1. The smallest absolute Gasteiger partial charge is 0.248 e. The van der Waals surface area contributed by atoms with Crippen LogP contribution in [0.3, 0.4) is 0 Å². The minimum Gasteiger partial charge on any atom is -0.497 e. The van der Waals surface area contributed by atoms with Gasteiger partial charge in [-0.25, -0.2) is 8.51 Å². The highest BCUT2D eigenvalue weighted by molar-refractivity contribution is 7.82. The van der Waals surface area contributed by atoms with Gasteiger partial charge in [-0.3, -0.25) is 9.78 Å². The first-order chi connectivity index (χ1) is 17.2. The second-order valence-corrected chi connectivity index (χ2v) is 11.1. The van der Waals surface area contributed by atoms with Crippen molar-refractivity contribution >= 4 is 22.6 Å². The van der Waals surface area contributed by atoms with Gasteiger partial charge in [0.25, 0.3) is 0 Å². The van der Waals surface area contributed by atoms with E-state index in [4.69, 9.17) is 9.47 Å². The topological polar surface area (TPSA) is 75.2 Å². The van der Waals surface area contributed by atoms with Crippen LogP contribution in [0, 0.1) is 26.7 Å². The molecule has 3 rings (SSSR count). The molecule has 2 heterocycles. The lowest BCUT2D eigenvalue weighted by Crippen LogP contribution is -2.40. The first-order valence-corrected chi connectivity index (χ1v) is 13.6. The van der Waals surface area contributed by atoms with Gasteiger partial charge in [-0.05, 0) is 74.9 Å². The van der Waals surface area contributed by atoms with Crippen LogP contribution in [-0.4, -0.2) is 84.9 Å². The number of piperidine rings is 1. The number of aryl methyl sites for hydroxylation is 3. The lowest BCUT2D eigenvalue weighted by Gasteiger charge is -2.35. The second-order valence-electron chi connectivity index (χ2n) is 9.60. The summed E-state index contributed by atoms with van der Waals surface area (Å²) in [5, 5.41) is 0. The maximum atomic E-state index is 13.0. The van der Waals surface area contributed by atoms with Gasteiger partial charge in [0.15, 0.2) is 0 Å². The van der Waals surface area contributed by atoms with Gasteiger partial charge in [0, 0.05) is 57.9 Å². The van der Waals surface area contributed by atoms with E-state index >= 15 is 0 Å². The Labute approximate surface area is 218 Å². The van der Waals surface area contributed by atoms with E-state index in [2.05, 4.69) is 22.0 Å². The number of nitrogens with zero attached hydrogens (tertiary/aromatic N) is 4. The van der Waals surface area contributed by atoms with Crippen molar-refractivity contribution in [2.75, 3.05) is 65.5 Å². The maximum Gasteiger partial charge on any atom is 0.248 e.